The fourth-order valence-corrected chi connectivity index (χ4v) is 3.52. The summed E-state index contributed by atoms with van der Waals surface area (Å²) in [5.74, 6) is 1.16. The van der Waals surface area contributed by atoms with E-state index in [4.69, 9.17) is 4.52 Å². The van der Waals surface area contributed by atoms with Gasteiger partial charge in [0, 0.05) is 30.8 Å². The van der Waals surface area contributed by atoms with Gasteiger partial charge in [-0.3, -0.25) is 5.10 Å². The summed E-state index contributed by atoms with van der Waals surface area (Å²) in [6.45, 7) is 7.04. The molecule has 2 amide bonds. The summed E-state index contributed by atoms with van der Waals surface area (Å²) in [5.41, 5.74) is 3.18. The summed E-state index contributed by atoms with van der Waals surface area (Å²) in [7, 11) is 0. The van der Waals surface area contributed by atoms with Crippen molar-refractivity contribution in [2.75, 3.05) is 13.1 Å². The van der Waals surface area contributed by atoms with Gasteiger partial charge in [0.1, 0.15) is 0 Å². The minimum atomic E-state index is -0.0388. The van der Waals surface area contributed by atoms with Gasteiger partial charge in [0.2, 0.25) is 5.89 Å². The lowest BCUT2D eigenvalue weighted by Gasteiger charge is -2.30. The Bertz CT molecular complexity index is 703. The highest BCUT2D eigenvalue weighted by Crippen LogP contribution is 2.33. The molecule has 2 aromatic rings. The molecular formula is C17H26N6O2. The first-order valence-electron chi connectivity index (χ1n) is 8.91. The van der Waals surface area contributed by atoms with Crippen molar-refractivity contribution in [3.63, 3.8) is 0 Å². The maximum Gasteiger partial charge on any atom is 0.317 e. The Labute approximate surface area is 147 Å². The molecule has 1 atom stereocenters. The number of hydrogen-bond donors (Lipinski definition) is 2. The van der Waals surface area contributed by atoms with E-state index < -0.39 is 0 Å². The molecule has 3 rings (SSSR count). The molecule has 25 heavy (non-hydrogen) atoms. The smallest absolute Gasteiger partial charge is 0.317 e. The van der Waals surface area contributed by atoms with E-state index in [-0.39, 0.29) is 12.1 Å². The van der Waals surface area contributed by atoms with E-state index in [1.807, 2.05) is 18.7 Å². The fraction of sp³-hybridized carbons (Fsp3) is 0.647. The van der Waals surface area contributed by atoms with Gasteiger partial charge in [-0.1, -0.05) is 18.0 Å². The molecule has 0 saturated carbocycles. The Kier molecular flexibility index (Phi) is 5.35. The number of aromatic nitrogens is 4. The van der Waals surface area contributed by atoms with Gasteiger partial charge < -0.3 is 14.7 Å². The molecule has 0 aromatic carbocycles. The van der Waals surface area contributed by atoms with Crippen LogP contribution in [0.15, 0.2) is 4.52 Å². The molecular weight excluding hydrogens is 320 g/mol. The van der Waals surface area contributed by atoms with E-state index >= 15 is 0 Å². The number of nitrogens with zero attached hydrogens (tertiary/aromatic N) is 4. The molecule has 1 fully saturated rings. The van der Waals surface area contributed by atoms with E-state index in [1.165, 1.54) is 0 Å². The second-order valence-corrected chi connectivity index (χ2v) is 6.62. The van der Waals surface area contributed by atoms with E-state index in [9.17, 15) is 4.79 Å². The molecule has 2 aromatic heterocycles. The number of aromatic amines is 1. The molecule has 3 heterocycles. The van der Waals surface area contributed by atoms with Gasteiger partial charge >= 0.3 is 6.03 Å². The van der Waals surface area contributed by atoms with Crippen molar-refractivity contribution >= 4 is 6.03 Å². The number of hydrogen-bond acceptors (Lipinski definition) is 5. The van der Waals surface area contributed by atoms with Gasteiger partial charge in [0.25, 0.3) is 0 Å². The Morgan fingerprint density at radius 3 is 2.84 bits per heavy atom. The molecule has 1 aliphatic rings. The first kappa shape index (κ1) is 17.4. The van der Waals surface area contributed by atoms with Gasteiger partial charge in [0.05, 0.1) is 11.7 Å². The summed E-state index contributed by atoms with van der Waals surface area (Å²) in [5, 5.41) is 14.1. The molecule has 8 heteroatoms. The van der Waals surface area contributed by atoms with Gasteiger partial charge in [-0.15, -0.1) is 0 Å². The Hall–Kier alpha value is -2.38. The van der Waals surface area contributed by atoms with E-state index in [1.54, 1.807) is 6.92 Å². The van der Waals surface area contributed by atoms with Gasteiger partial charge in [0.15, 0.2) is 5.82 Å². The quantitative estimate of drug-likeness (QED) is 0.886. The number of aryl methyl sites for hydroxylation is 3. The molecule has 0 spiro atoms. The first-order chi connectivity index (χ1) is 12.1. The van der Waals surface area contributed by atoms with Crippen molar-refractivity contribution in [3.8, 4) is 0 Å². The van der Waals surface area contributed by atoms with Crippen LogP contribution in [0, 0.1) is 20.8 Å². The molecule has 1 unspecified atom stereocenters. The number of urea groups is 1. The highest BCUT2D eigenvalue weighted by Gasteiger charge is 2.30. The highest BCUT2D eigenvalue weighted by atomic mass is 16.5. The maximum atomic E-state index is 12.8. The summed E-state index contributed by atoms with van der Waals surface area (Å²) >= 11 is 0. The van der Waals surface area contributed by atoms with Gasteiger partial charge in [-0.05, 0) is 33.6 Å². The van der Waals surface area contributed by atoms with Crippen LogP contribution in [-0.2, 0) is 6.42 Å². The second kappa shape index (κ2) is 7.67. The number of amides is 2. The van der Waals surface area contributed by atoms with E-state index in [0.717, 1.165) is 49.2 Å². The Balaban J connectivity index is 1.67. The van der Waals surface area contributed by atoms with Crippen molar-refractivity contribution in [2.24, 2.45) is 0 Å². The molecule has 2 N–H and O–H groups in total. The molecule has 1 aliphatic heterocycles. The number of likely N-dealkylation sites (tertiary alicyclic amines) is 1. The molecule has 1 saturated heterocycles. The fourth-order valence-electron chi connectivity index (χ4n) is 3.52. The number of nitrogens with one attached hydrogen (secondary N) is 2. The van der Waals surface area contributed by atoms with Crippen molar-refractivity contribution in [3.05, 3.63) is 28.7 Å². The van der Waals surface area contributed by atoms with Crippen LogP contribution in [0.1, 0.15) is 60.4 Å². The third-order valence-electron chi connectivity index (χ3n) is 4.72. The average Bonchev–Trinajstić information content (AvgIpc) is 3.04. The minimum Gasteiger partial charge on any atom is -0.339 e. The number of rotatable bonds is 4. The molecule has 136 valence electrons. The summed E-state index contributed by atoms with van der Waals surface area (Å²) < 4.78 is 5.08. The Morgan fingerprint density at radius 2 is 2.16 bits per heavy atom. The van der Waals surface area contributed by atoms with Crippen LogP contribution in [0.4, 0.5) is 4.79 Å². The van der Waals surface area contributed by atoms with Gasteiger partial charge in [-0.25, -0.2) is 4.79 Å². The summed E-state index contributed by atoms with van der Waals surface area (Å²) in [4.78, 5) is 18.9. The topological polar surface area (TPSA) is 99.9 Å². The summed E-state index contributed by atoms with van der Waals surface area (Å²) in [6, 6.07) is 0.0371. The molecule has 8 nitrogen and oxygen atoms in total. The zero-order valence-corrected chi connectivity index (χ0v) is 15.1. The predicted octanol–water partition coefficient (Wildman–Crippen LogP) is 2.59. The maximum absolute atomic E-state index is 12.8. The minimum absolute atomic E-state index is 0.0388. The predicted molar refractivity (Wildman–Crippen MR) is 92.1 cm³/mol. The zero-order valence-electron chi connectivity index (χ0n) is 15.1. The lowest BCUT2D eigenvalue weighted by Crippen LogP contribution is -2.43. The van der Waals surface area contributed by atoms with Crippen LogP contribution in [-0.4, -0.2) is 44.4 Å². The number of carbonyl (C=O) groups excluding carboxylic acids is 1. The van der Waals surface area contributed by atoms with E-state index in [0.29, 0.717) is 24.7 Å². The lowest BCUT2D eigenvalue weighted by atomic mass is 9.99. The monoisotopic (exact) mass is 346 g/mol. The second-order valence-electron chi connectivity index (χ2n) is 6.62. The first-order valence-corrected chi connectivity index (χ1v) is 8.91. The third kappa shape index (κ3) is 4.00. The van der Waals surface area contributed by atoms with Crippen LogP contribution in [0.2, 0.25) is 0 Å². The SMILES string of the molecule is Cc1noc(CCNC(=O)N2CCCCCC2c2c(C)n[nH]c2C)n1. The van der Waals surface area contributed by atoms with Crippen LogP contribution in [0.3, 0.4) is 0 Å². The van der Waals surface area contributed by atoms with Crippen LogP contribution in [0.25, 0.3) is 0 Å². The van der Waals surface area contributed by atoms with Crippen molar-refractivity contribution in [1.82, 2.24) is 30.6 Å². The van der Waals surface area contributed by atoms with Crippen molar-refractivity contribution < 1.29 is 9.32 Å². The van der Waals surface area contributed by atoms with Crippen LogP contribution in [0.5, 0.6) is 0 Å². The molecule has 0 aliphatic carbocycles. The average molecular weight is 346 g/mol. The normalized spacial score (nSPS) is 18.2. The Morgan fingerprint density at radius 1 is 1.32 bits per heavy atom. The zero-order chi connectivity index (χ0) is 17.8. The lowest BCUT2D eigenvalue weighted by molar-refractivity contribution is 0.175. The highest BCUT2D eigenvalue weighted by molar-refractivity contribution is 5.75. The van der Waals surface area contributed by atoms with Crippen molar-refractivity contribution in [2.45, 2.75) is 58.9 Å². The van der Waals surface area contributed by atoms with E-state index in [2.05, 4.69) is 25.7 Å². The van der Waals surface area contributed by atoms with Crippen LogP contribution >= 0.6 is 0 Å². The third-order valence-corrected chi connectivity index (χ3v) is 4.72. The van der Waals surface area contributed by atoms with Crippen LogP contribution < -0.4 is 5.32 Å². The number of H-pyrrole nitrogens is 1. The molecule has 0 bridgehead atoms. The largest absolute Gasteiger partial charge is 0.339 e. The summed E-state index contributed by atoms with van der Waals surface area (Å²) in [6.07, 6.45) is 4.81. The van der Waals surface area contributed by atoms with Crippen molar-refractivity contribution in [1.29, 1.82) is 0 Å². The van der Waals surface area contributed by atoms with Gasteiger partial charge in [-0.2, -0.15) is 10.1 Å². The number of carbonyl (C=O) groups is 1. The standard InChI is InChI=1S/C17H26N6O2/c1-11-16(12(2)21-20-11)14-7-5-4-6-10-23(14)17(24)18-9-8-15-19-13(3)22-25-15/h14H,4-10H2,1-3H3,(H,18,24)(H,20,21). The molecule has 0 radical (unpaired) electrons.